The average Bonchev–Trinajstić information content (AvgIpc) is 3.93. The van der Waals surface area contributed by atoms with Crippen molar-refractivity contribution in [2.45, 2.75) is 109 Å². The molecule has 3 saturated carbocycles. The van der Waals surface area contributed by atoms with E-state index in [9.17, 15) is 0 Å². The summed E-state index contributed by atoms with van der Waals surface area (Å²) in [6.07, 6.45) is 24.0. The summed E-state index contributed by atoms with van der Waals surface area (Å²) in [6, 6.07) is 17.6. The van der Waals surface area contributed by atoms with E-state index in [1.165, 1.54) is 53.4 Å². The summed E-state index contributed by atoms with van der Waals surface area (Å²) in [5.41, 5.74) is 6.20. The minimum Gasteiger partial charge on any atom is -0.494 e. The molecule has 2 aromatic rings. The number of hydrogen-bond acceptors (Lipinski definition) is 4. The monoisotopic (exact) mass is 654 g/mol. The van der Waals surface area contributed by atoms with Gasteiger partial charge in [0.25, 0.3) is 0 Å². The first kappa shape index (κ1) is 36.6. The Kier molecular flexibility index (Phi) is 15.3. The number of epoxide rings is 1. The van der Waals surface area contributed by atoms with Crippen molar-refractivity contribution in [1.29, 1.82) is 0 Å². The molecule has 2 aromatic carbocycles. The number of rotatable bonds is 22. The second kappa shape index (κ2) is 20.1. The molecule has 6 rings (SSSR count). The summed E-state index contributed by atoms with van der Waals surface area (Å²) in [7, 11) is 0. The Morgan fingerprint density at radius 2 is 1.46 bits per heavy atom. The molecule has 4 fully saturated rings. The summed E-state index contributed by atoms with van der Waals surface area (Å²) in [5, 5.41) is 0. The molecule has 0 aromatic heterocycles. The van der Waals surface area contributed by atoms with Crippen molar-refractivity contribution in [2.24, 2.45) is 17.8 Å². The molecule has 48 heavy (non-hydrogen) atoms. The van der Waals surface area contributed by atoms with E-state index < -0.39 is 0 Å². The second-order valence-corrected chi connectivity index (χ2v) is 14.6. The lowest BCUT2D eigenvalue weighted by Gasteiger charge is -2.24. The van der Waals surface area contributed by atoms with E-state index in [-0.39, 0.29) is 5.92 Å². The summed E-state index contributed by atoms with van der Waals surface area (Å²) >= 11 is 0. The van der Waals surface area contributed by atoms with Crippen molar-refractivity contribution >= 4 is 0 Å². The van der Waals surface area contributed by atoms with Crippen LogP contribution in [0.2, 0.25) is 0 Å². The standard InChI is InChI=1S/C36H48O4.C8H14/c1-4-22-39-34-20-18-33(19-21-34)36(28(3)10-11-29(5-2)8-6-24-38-26-35-27-40-35)32-16-14-30(15-17-32)9-7-23-37-25-31-12-13-31;1-2-7(3-1)6-8-4-5-8/h5,10-11,14-21,31,35-36H,3-4,6-9,12-13,22-27H2,1-2H3;7-8H,1-6H2/b11-10-,29-5-;. The number of aryl methyl sites for hydroxylation is 1. The van der Waals surface area contributed by atoms with Crippen molar-refractivity contribution in [1.82, 2.24) is 0 Å². The van der Waals surface area contributed by atoms with Gasteiger partial charge in [0.2, 0.25) is 0 Å². The zero-order chi connectivity index (χ0) is 33.4. The van der Waals surface area contributed by atoms with Crippen LogP contribution in [0.3, 0.4) is 0 Å². The van der Waals surface area contributed by atoms with E-state index in [2.05, 4.69) is 87.2 Å². The predicted molar refractivity (Wildman–Crippen MR) is 199 cm³/mol. The number of ether oxygens (including phenoxy) is 4. The maximum Gasteiger partial charge on any atom is 0.119 e. The topological polar surface area (TPSA) is 40.2 Å². The molecule has 0 amide bonds. The largest absolute Gasteiger partial charge is 0.494 e. The molecule has 4 nitrogen and oxygen atoms in total. The Morgan fingerprint density at radius 3 is 2.06 bits per heavy atom. The zero-order valence-corrected chi connectivity index (χ0v) is 30.0. The molecule has 1 saturated heterocycles. The lowest BCUT2D eigenvalue weighted by atomic mass is 9.82. The van der Waals surface area contributed by atoms with Gasteiger partial charge in [-0.25, -0.2) is 0 Å². The summed E-state index contributed by atoms with van der Waals surface area (Å²) < 4.78 is 22.6. The fraction of sp³-hybridized carbons (Fsp3) is 0.591. The molecule has 4 aliphatic rings. The Labute approximate surface area is 292 Å². The van der Waals surface area contributed by atoms with Gasteiger partial charge in [-0.05, 0) is 110 Å². The third kappa shape index (κ3) is 13.7. The van der Waals surface area contributed by atoms with Crippen LogP contribution in [0, 0.1) is 17.8 Å². The molecule has 0 N–H and O–H groups in total. The second-order valence-electron chi connectivity index (χ2n) is 14.6. The van der Waals surface area contributed by atoms with Gasteiger partial charge < -0.3 is 18.9 Å². The molecule has 0 bridgehead atoms. The minimum absolute atomic E-state index is 0.0763. The van der Waals surface area contributed by atoms with Gasteiger partial charge >= 0.3 is 0 Å². The van der Waals surface area contributed by atoms with Crippen molar-refractivity contribution in [3.8, 4) is 5.75 Å². The predicted octanol–water partition coefficient (Wildman–Crippen LogP) is 10.8. The molecule has 3 aliphatic carbocycles. The maximum atomic E-state index is 5.84. The Hall–Kier alpha value is -2.66. The van der Waals surface area contributed by atoms with Crippen LogP contribution in [0.4, 0.5) is 0 Å². The molecule has 2 atom stereocenters. The van der Waals surface area contributed by atoms with Gasteiger partial charge in [0.15, 0.2) is 0 Å². The normalized spacial score (nSPS) is 19.8. The number of hydrogen-bond donors (Lipinski definition) is 0. The molecule has 2 unspecified atom stereocenters. The lowest BCUT2D eigenvalue weighted by molar-refractivity contribution is 0.115. The highest BCUT2D eigenvalue weighted by Gasteiger charge is 2.28. The SMILES string of the molecule is C1CC(CC2CC2)C1.C=C(/C=C\C(=C/C)CCCOCC1CO1)C(c1ccc(CCCOCC2CC2)cc1)c1ccc(OCCC)cc1. The van der Waals surface area contributed by atoms with Crippen LogP contribution in [-0.4, -0.2) is 45.7 Å². The Bertz CT molecular complexity index is 1260. The van der Waals surface area contributed by atoms with E-state index in [0.717, 1.165) is 89.0 Å². The van der Waals surface area contributed by atoms with Gasteiger partial charge in [0, 0.05) is 25.7 Å². The van der Waals surface area contributed by atoms with Gasteiger partial charge in [0.1, 0.15) is 11.9 Å². The van der Waals surface area contributed by atoms with Crippen molar-refractivity contribution in [2.75, 3.05) is 39.6 Å². The van der Waals surface area contributed by atoms with E-state index in [1.807, 2.05) is 0 Å². The molecule has 262 valence electrons. The molecule has 1 heterocycles. The first-order valence-corrected chi connectivity index (χ1v) is 19.2. The van der Waals surface area contributed by atoms with Crippen molar-refractivity contribution in [3.63, 3.8) is 0 Å². The van der Waals surface area contributed by atoms with E-state index in [4.69, 9.17) is 18.9 Å². The third-order valence-electron chi connectivity index (χ3n) is 10.1. The molecule has 0 spiro atoms. The van der Waals surface area contributed by atoms with Gasteiger partial charge in [-0.3, -0.25) is 0 Å². The average molecular weight is 655 g/mol. The van der Waals surface area contributed by atoms with Crippen LogP contribution in [0.5, 0.6) is 5.75 Å². The van der Waals surface area contributed by atoms with Crippen molar-refractivity contribution < 1.29 is 18.9 Å². The molecular formula is C44H62O4. The molecule has 4 heteroatoms. The maximum absolute atomic E-state index is 5.84. The molecular weight excluding hydrogens is 592 g/mol. The Morgan fingerprint density at radius 1 is 0.812 bits per heavy atom. The first-order valence-electron chi connectivity index (χ1n) is 19.2. The highest BCUT2D eigenvalue weighted by Crippen LogP contribution is 2.41. The Balaban J connectivity index is 0.000000485. The highest BCUT2D eigenvalue weighted by molar-refractivity contribution is 5.46. The third-order valence-corrected chi connectivity index (χ3v) is 10.1. The van der Waals surface area contributed by atoms with E-state index in [0.29, 0.717) is 6.10 Å². The van der Waals surface area contributed by atoms with E-state index in [1.54, 1.807) is 32.1 Å². The minimum atomic E-state index is 0.0763. The summed E-state index contributed by atoms with van der Waals surface area (Å²) in [6.45, 7) is 13.6. The van der Waals surface area contributed by atoms with Crippen LogP contribution in [0.1, 0.15) is 114 Å². The molecule has 1 aliphatic heterocycles. The zero-order valence-electron chi connectivity index (χ0n) is 30.0. The van der Waals surface area contributed by atoms with Crippen LogP contribution in [0.15, 0.2) is 84.5 Å². The number of allylic oxidation sites excluding steroid dienone is 5. The molecule has 0 radical (unpaired) electrons. The van der Waals surface area contributed by atoms with Gasteiger partial charge in [-0.1, -0.05) is 106 Å². The van der Waals surface area contributed by atoms with Crippen LogP contribution >= 0.6 is 0 Å². The van der Waals surface area contributed by atoms with Gasteiger partial charge in [-0.15, -0.1) is 0 Å². The van der Waals surface area contributed by atoms with Gasteiger partial charge in [-0.2, -0.15) is 0 Å². The van der Waals surface area contributed by atoms with E-state index >= 15 is 0 Å². The smallest absolute Gasteiger partial charge is 0.119 e. The lowest BCUT2D eigenvalue weighted by Crippen LogP contribution is -2.10. The van der Waals surface area contributed by atoms with Gasteiger partial charge in [0.05, 0.1) is 19.8 Å². The van der Waals surface area contributed by atoms with Crippen LogP contribution in [-0.2, 0) is 20.6 Å². The van der Waals surface area contributed by atoms with Crippen LogP contribution in [0.25, 0.3) is 0 Å². The highest BCUT2D eigenvalue weighted by atomic mass is 16.6. The van der Waals surface area contributed by atoms with Crippen molar-refractivity contribution in [3.05, 3.63) is 101 Å². The fourth-order valence-electron chi connectivity index (χ4n) is 6.33. The summed E-state index contributed by atoms with van der Waals surface area (Å²) in [5.74, 6) is 4.17. The quantitative estimate of drug-likeness (QED) is 0.0720. The number of benzene rings is 2. The summed E-state index contributed by atoms with van der Waals surface area (Å²) in [4.78, 5) is 0. The first-order chi connectivity index (χ1) is 23.6. The van der Waals surface area contributed by atoms with Crippen LogP contribution < -0.4 is 4.74 Å². The fourth-order valence-corrected chi connectivity index (χ4v) is 6.33.